The van der Waals surface area contributed by atoms with Crippen molar-refractivity contribution in [2.24, 2.45) is 5.73 Å². The van der Waals surface area contributed by atoms with E-state index in [0.29, 0.717) is 0 Å². The Morgan fingerprint density at radius 1 is 0.900 bits per heavy atom. The highest BCUT2D eigenvalue weighted by Gasteiger charge is 2.28. The maximum Gasteiger partial charge on any atom is 0.313 e. The average molecular weight is 299 g/mol. The smallest absolute Gasteiger partial charge is 0.313 e. The Bertz CT molecular complexity index is 480. The third kappa shape index (κ3) is 3.64. The lowest BCUT2D eigenvalue weighted by Crippen LogP contribution is -2.16. The topological polar surface area (TPSA) is 61.5 Å². The first-order valence-electron chi connectivity index (χ1n) is 5.40. The van der Waals surface area contributed by atoms with E-state index in [9.17, 15) is 26.7 Å². The molecule has 0 heterocycles. The summed E-state index contributed by atoms with van der Waals surface area (Å²) in [5.41, 5.74) is 5.10. The number of rotatable bonds is 6. The van der Waals surface area contributed by atoms with Crippen molar-refractivity contribution in [3.8, 4) is 5.75 Å². The SMILES string of the molecule is NCCOCCC(=O)Oc1c(F)c(F)c(F)c(F)c1F. The van der Waals surface area contributed by atoms with Gasteiger partial charge in [-0.25, -0.2) is 13.2 Å². The predicted molar refractivity (Wildman–Crippen MR) is 56.4 cm³/mol. The van der Waals surface area contributed by atoms with E-state index in [2.05, 4.69) is 4.74 Å². The second kappa shape index (κ2) is 7.15. The third-order valence-corrected chi connectivity index (χ3v) is 2.10. The quantitative estimate of drug-likeness (QED) is 0.217. The standard InChI is InChI=1S/C11H10F5NO3/c12-6-7(13)9(15)11(10(16)8(6)14)20-5(18)1-3-19-4-2-17/h1-4,17H2. The molecule has 20 heavy (non-hydrogen) atoms. The van der Waals surface area contributed by atoms with Crippen molar-refractivity contribution in [3.05, 3.63) is 29.1 Å². The molecule has 0 fully saturated rings. The number of nitrogens with two attached hydrogens (primary N) is 1. The molecule has 0 aliphatic carbocycles. The van der Waals surface area contributed by atoms with Gasteiger partial charge < -0.3 is 15.2 Å². The number of esters is 1. The zero-order valence-corrected chi connectivity index (χ0v) is 10.0. The third-order valence-electron chi connectivity index (χ3n) is 2.10. The number of halogens is 5. The summed E-state index contributed by atoms with van der Waals surface area (Å²) in [5, 5.41) is 0. The first-order chi connectivity index (χ1) is 9.40. The molecule has 0 unspecified atom stereocenters. The fourth-order valence-electron chi connectivity index (χ4n) is 1.18. The van der Waals surface area contributed by atoms with Gasteiger partial charge in [0.25, 0.3) is 0 Å². The highest BCUT2D eigenvalue weighted by Crippen LogP contribution is 2.29. The summed E-state index contributed by atoms with van der Waals surface area (Å²) >= 11 is 0. The van der Waals surface area contributed by atoms with Gasteiger partial charge in [-0.15, -0.1) is 0 Å². The van der Waals surface area contributed by atoms with E-state index in [0.717, 1.165) is 0 Å². The molecule has 4 nitrogen and oxygen atoms in total. The molecular weight excluding hydrogens is 289 g/mol. The highest BCUT2D eigenvalue weighted by molar-refractivity contribution is 5.72. The van der Waals surface area contributed by atoms with Crippen molar-refractivity contribution >= 4 is 5.97 Å². The zero-order chi connectivity index (χ0) is 15.3. The van der Waals surface area contributed by atoms with Gasteiger partial charge in [0.05, 0.1) is 19.6 Å². The molecule has 0 aromatic heterocycles. The van der Waals surface area contributed by atoms with Gasteiger partial charge in [0.2, 0.25) is 34.8 Å². The Morgan fingerprint density at radius 3 is 1.90 bits per heavy atom. The molecule has 112 valence electrons. The van der Waals surface area contributed by atoms with Crippen molar-refractivity contribution in [2.45, 2.75) is 6.42 Å². The van der Waals surface area contributed by atoms with Crippen LogP contribution in [0.25, 0.3) is 0 Å². The van der Waals surface area contributed by atoms with Crippen molar-refractivity contribution in [1.29, 1.82) is 0 Å². The second-order valence-corrected chi connectivity index (χ2v) is 3.52. The Hall–Kier alpha value is -1.74. The van der Waals surface area contributed by atoms with Crippen molar-refractivity contribution < 1.29 is 36.2 Å². The number of hydrogen-bond acceptors (Lipinski definition) is 4. The molecule has 0 saturated heterocycles. The van der Waals surface area contributed by atoms with Gasteiger partial charge in [0.1, 0.15) is 0 Å². The van der Waals surface area contributed by atoms with Crippen molar-refractivity contribution in [3.63, 3.8) is 0 Å². The Kier molecular flexibility index (Phi) is 5.83. The summed E-state index contributed by atoms with van der Waals surface area (Å²) in [4.78, 5) is 11.2. The van der Waals surface area contributed by atoms with Gasteiger partial charge in [0.15, 0.2) is 0 Å². The Balaban J connectivity index is 2.80. The molecule has 2 N–H and O–H groups in total. The van der Waals surface area contributed by atoms with Crippen LogP contribution in [0.1, 0.15) is 6.42 Å². The lowest BCUT2D eigenvalue weighted by Gasteiger charge is -2.08. The molecule has 1 aromatic rings. The number of carbonyl (C=O) groups excluding carboxylic acids is 1. The summed E-state index contributed by atoms with van der Waals surface area (Å²) in [6.07, 6.45) is -0.431. The van der Waals surface area contributed by atoms with E-state index in [1.54, 1.807) is 0 Å². The summed E-state index contributed by atoms with van der Waals surface area (Å²) in [5.74, 6) is -14.0. The summed E-state index contributed by atoms with van der Waals surface area (Å²) in [6.45, 7) is 0.188. The lowest BCUT2D eigenvalue weighted by atomic mass is 10.2. The molecule has 0 amide bonds. The van der Waals surface area contributed by atoms with Gasteiger partial charge in [-0.2, -0.15) is 8.78 Å². The molecule has 0 saturated carbocycles. The molecule has 0 aliphatic rings. The summed E-state index contributed by atoms with van der Waals surface area (Å²) < 4.78 is 73.6. The monoisotopic (exact) mass is 299 g/mol. The molecule has 0 spiro atoms. The van der Waals surface area contributed by atoms with Gasteiger partial charge in [-0.3, -0.25) is 4.79 Å². The van der Waals surface area contributed by atoms with E-state index >= 15 is 0 Å². The fourth-order valence-corrected chi connectivity index (χ4v) is 1.18. The van der Waals surface area contributed by atoms with Crippen LogP contribution < -0.4 is 10.5 Å². The number of ether oxygens (including phenoxy) is 2. The maximum absolute atomic E-state index is 13.2. The molecule has 0 radical (unpaired) electrons. The fraction of sp³-hybridized carbons (Fsp3) is 0.364. The number of carbonyl (C=O) groups is 1. The van der Waals surface area contributed by atoms with Crippen LogP contribution in [0.15, 0.2) is 0 Å². The van der Waals surface area contributed by atoms with E-state index in [4.69, 9.17) is 10.5 Å². The number of hydrogen-bond donors (Lipinski definition) is 1. The highest BCUT2D eigenvalue weighted by atomic mass is 19.2. The number of benzene rings is 1. The van der Waals surface area contributed by atoms with Gasteiger partial charge in [-0.1, -0.05) is 0 Å². The zero-order valence-electron chi connectivity index (χ0n) is 10.0. The first kappa shape index (κ1) is 16.3. The molecule has 0 bridgehead atoms. The average Bonchev–Trinajstić information content (AvgIpc) is 2.44. The van der Waals surface area contributed by atoms with E-state index in [-0.39, 0.29) is 19.8 Å². The minimum Gasteiger partial charge on any atom is -0.420 e. The molecule has 0 atom stereocenters. The first-order valence-corrected chi connectivity index (χ1v) is 5.40. The van der Waals surface area contributed by atoms with Crippen LogP contribution in [0.2, 0.25) is 0 Å². The van der Waals surface area contributed by atoms with Crippen LogP contribution in [-0.4, -0.2) is 25.7 Å². The van der Waals surface area contributed by atoms with Crippen molar-refractivity contribution in [1.82, 2.24) is 0 Å². The summed E-state index contributed by atoms with van der Waals surface area (Å²) in [6, 6.07) is 0. The van der Waals surface area contributed by atoms with E-state index < -0.39 is 47.2 Å². The van der Waals surface area contributed by atoms with Crippen LogP contribution in [-0.2, 0) is 9.53 Å². The molecular formula is C11H10F5NO3. The lowest BCUT2D eigenvalue weighted by molar-refractivity contribution is -0.136. The van der Waals surface area contributed by atoms with Crippen LogP contribution in [0.5, 0.6) is 5.75 Å². The van der Waals surface area contributed by atoms with Gasteiger partial charge >= 0.3 is 5.97 Å². The molecule has 1 rings (SSSR count). The van der Waals surface area contributed by atoms with Crippen LogP contribution >= 0.6 is 0 Å². The molecule has 9 heteroatoms. The van der Waals surface area contributed by atoms with E-state index in [1.807, 2.05) is 0 Å². The maximum atomic E-state index is 13.2. The van der Waals surface area contributed by atoms with E-state index in [1.165, 1.54) is 0 Å². The largest absolute Gasteiger partial charge is 0.420 e. The van der Waals surface area contributed by atoms with Crippen LogP contribution in [0.3, 0.4) is 0 Å². The van der Waals surface area contributed by atoms with Crippen LogP contribution in [0.4, 0.5) is 22.0 Å². The second-order valence-electron chi connectivity index (χ2n) is 3.52. The predicted octanol–water partition coefficient (Wildman–Crippen LogP) is 1.65. The Morgan fingerprint density at radius 2 is 1.40 bits per heavy atom. The van der Waals surface area contributed by atoms with Gasteiger partial charge in [-0.05, 0) is 0 Å². The minimum absolute atomic E-state index is 0.149. The summed E-state index contributed by atoms with van der Waals surface area (Å²) in [7, 11) is 0. The van der Waals surface area contributed by atoms with Crippen molar-refractivity contribution in [2.75, 3.05) is 19.8 Å². The van der Waals surface area contributed by atoms with Crippen LogP contribution in [0, 0.1) is 29.1 Å². The minimum atomic E-state index is -2.33. The molecule has 1 aromatic carbocycles. The van der Waals surface area contributed by atoms with Gasteiger partial charge in [0, 0.05) is 6.54 Å². The normalized spacial score (nSPS) is 10.7. The Labute approximate surface area is 110 Å². The molecule has 0 aliphatic heterocycles.